The Morgan fingerprint density at radius 1 is 1.03 bits per heavy atom. The van der Waals surface area contributed by atoms with E-state index in [2.05, 4.69) is 10.6 Å². The van der Waals surface area contributed by atoms with Gasteiger partial charge in [-0.3, -0.25) is 14.4 Å². The van der Waals surface area contributed by atoms with E-state index in [-0.39, 0.29) is 39.5 Å². The molecule has 3 rings (SSSR count). The van der Waals surface area contributed by atoms with E-state index in [0.717, 1.165) is 51.7 Å². The zero-order chi connectivity index (χ0) is 26.6. The number of rotatable bonds is 12. The van der Waals surface area contributed by atoms with Gasteiger partial charge < -0.3 is 31.3 Å². The molecule has 2 aliphatic rings. The molecule has 1 atom stereocenters. The molecule has 0 fully saturated rings. The zero-order valence-corrected chi connectivity index (χ0v) is 21.5. The van der Waals surface area contributed by atoms with Crippen LogP contribution in [0.1, 0.15) is 74.4 Å². The van der Waals surface area contributed by atoms with Gasteiger partial charge in [-0.05, 0) is 73.0 Å². The second kappa shape index (κ2) is 11.3. The predicted octanol–water partition coefficient (Wildman–Crippen LogP) is 2.66. The average molecular weight is 500 g/mol. The van der Waals surface area contributed by atoms with Gasteiger partial charge in [0.05, 0.1) is 11.1 Å². The highest BCUT2D eigenvalue weighted by Gasteiger charge is 2.56. The summed E-state index contributed by atoms with van der Waals surface area (Å²) < 4.78 is 5.78. The first-order valence-corrected chi connectivity index (χ1v) is 12.5. The number of hydrogen-bond donors (Lipinski definition) is 5. The third-order valence-corrected chi connectivity index (χ3v) is 6.99. The lowest BCUT2D eigenvalue weighted by atomic mass is 9.70. The molecule has 0 amide bonds. The highest BCUT2D eigenvalue weighted by atomic mass is 16.5. The molecule has 0 unspecified atom stereocenters. The number of fused-ring (bicyclic) bond motifs is 3. The van der Waals surface area contributed by atoms with Gasteiger partial charge in [0.2, 0.25) is 0 Å². The number of carbonyl (C=O) groups excluding carboxylic acids is 3. The molecule has 1 aliphatic heterocycles. The van der Waals surface area contributed by atoms with Crippen LogP contribution in [0.15, 0.2) is 23.1 Å². The fourth-order valence-electron chi connectivity index (χ4n) is 4.80. The molecule has 0 bridgehead atoms. The van der Waals surface area contributed by atoms with Crippen molar-refractivity contribution in [2.24, 2.45) is 5.73 Å². The van der Waals surface area contributed by atoms with Crippen LogP contribution in [0.25, 0.3) is 0 Å². The minimum Gasteiger partial charge on any atom is -0.507 e. The van der Waals surface area contributed by atoms with Crippen LogP contribution in [0.5, 0.6) is 17.2 Å². The van der Waals surface area contributed by atoms with Gasteiger partial charge in [-0.1, -0.05) is 6.42 Å². The number of nitrogens with one attached hydrogen (secondary N) is 2. The Labute approximate surface area is 211 Å². The van der Waals surface area contributed by atoms with Crippen LogP contribution in [-0.4, -0.2) is 53.7 Å². The molecule has 6 N–H and O–H groups in total. The van der Waals surface area contributed by atoms with Gasteiger partial charge in [-0.2, -0.15) is 0 Å². The van der Waals surface area contributed by atoms with Crippen molar-refractivity contribution in [3.63, 3.8) is 0 Å². The summed E-state index contributed by atoms with van der Waals surface area (Å²) in [5, 5.41) is 27.9. The monoisotopic (exact) mass is 499 g/mol. The molecule has 1 aromatic carbocycles. The number of hydrogen-bond acceptors (Lipinski definition) is 9. The van der Waals surface area contributed by atoms with Crippen LogP contribution in [0.3, 0.4) is 0 Å². The lowest BCUT2D eigenvalue weighted by molar-refractivity contribution is -0.123. The van der Waals surface area contributed by atoms with Crippen molar-refractivity contribution in [2.75, 3.05) is 26.2 Å². The topological polar surface area (TPSA) is 151 Å². The van der Waals surface area contributed by atoms with E-state index >= 15 is 0 Å². The quantitative estimate of drug-likeness (QED) is 0.126. The summed E-state index contributed by atoms with van der Waals surface area (Å²) >= 11 is 0. The van der Waals surface area contributed by atoms with Crippen LogP contribution >= 0.6 is 0 Å². The number of aromatic hydroxyl groups is 2. The van der Waals surface area contributed by atoms with Crippen LogP contribution in [0.4, 0.5) is 0 Å². The highest BCUT2D eigenvalue weighted by molar-refractivity contribution is 6.31. The fraction of sp³-hybridized carbons (Fsp3) is 0.519. The van der Waals surface area contributed by atoms with E-state index in [0.29, 0.717) is 12.2 Å². The van der Waals surface area contributed by atoms with Crippen molar-refractivity contribution in [3.05, 3.63) is 39.8 Å². The lowest BCUT2D eigenvalue weighted by Gasteiger charge is -2.29. The largest absolute Gasteiger partial charge is 0.507 e. The normalized spacial score (nSPS) is 20.0. The van der Waals surface area contributed by atoms with E-state index in [4.69, 9.17) is 10.5 Å². The molecular formula is C27H37N3O6. The molecule has 1 aromatic rings. The number of allylic oxidation sites excluding steroid dienone is 4. The van der Waals surface area contributed by atoms with Crippen molar-refractivity contribution in [3.8, 4) is 17.2 Å². The van der Waals surface area contributed by atoms with E-state index in [1.165, 1.54) is 19.9 Å². The molecule has 196 valence electrons. The molecule has 36 heavy (non-hydrogen) atoms. The van der Waals surface area contributed by atoms with Crippen LogP contribution in [0, 0.1) is 6.92 Å². The smallest absolute Gasteiger partial charge is 0.194 e. The van der Waals surface area contributed by atoms with Crippen molar-refractivity contribution >= 4 is 17.3 Å². The van der Waals surface area contributed by atoms with E-state index in [1.807, 2.05) is 0 Å². The van der Waals surface area contributed by atoms with Crippen molar-refractivity contribution in [1.29, 1.82) is 0 Å². The van der Waals surface area contributed by atoms with Crippen molar-refractivity contribution in [2.45, 2.75) is 65.2 Å². The highest BCUT2D eigenvalue weighted by Crippen LogP contribution is 2.57. The first-order chi connectivity index (χ1) is 17.1. The summed E-state index contributed by atoms with van der Waals surface area (Å²) in [7, 11) is 0. The summed E-state index contributed by atoms with van der Waals surface area (Å²) in [5.41, 5.74) is 4.48. The van der Waals surface area contributed by atoms with Crippen molar-refractivity contribution in [1.82, 2.24) is 10.6 Å². The third kappa shape index (κ3) is 4.90. The standard InChI is InChI=1S/C27H37N3O6/c1-15-23(33)21(17(3)31)25-22(24(15)34)27(4)19(36-25)14-18(32)20(26(27)35)16(2)30-13-9-8-12-29-11-7-5-6-10-28/h14,29-30,33-34H,5-13,28H2,1-4H3/b20-16+/t27-/m0/s1. The first kappa shape index (κ1) is 27.4. The minimum atomic E-state index is -1.50. The van der Waals surface area contributed by atoms with E-state index in [9.17, 15) is 24.6 Å². The number of unbranched alkanes of at least 4 members (excludes halogenated alkanes) is 3. The molecule has 0 saturated heterocycles. The molecule has 0 saturated carbocycles. The second-order valence-electron chi connectivity index (χ2n) is 9.62. The molecule has 0 aromatic heterocycles. The number of ether oxygens (including phenoxy) is 1. The summed E-state index contributed by atoms with van der Waals surface area (Å²) in [4.78, 5) is 38.9. The predicted molar refractivity (Wildman–Crippen MR) is 136 cm³/mol. The Morgan fingerprint density at radius 2 is 1.67 bits per heavy atom. The number of carbonyl (C=O) groups is 3. The summed E-state index contributed by atoms with van der Waals surface area (Å²) in [6.45, 7) is 9.14. The number of Topliss-reactive ketones (excluding diaryl/α,β-unsaturated/α-hetero) is 2. The Balaban J connectivity index is 1.76. The summed E-state index contributed by atoms with van der Waals surface area (Å²) in [6, 6.07) is 0. The van der Waals surface area contributed by atoms with Gasteiger partial charge in [-0.15, -0.1) is 0 Å². The maximum absolute atomic E-state index is 13.7. The molecule has 9 nitrogen and oxygen atoms in total. The number of nitrogens with two attached hydrogens (primary N) is 1. The Kier molecular flexibility index (Phi) is 8.58. The number of ketones is 3. The van der Waals surface area contributed by atoms with Gasteiger partial charge >= 0.3 is 0 Å². The van der Waals surface area contributed by atoms with Crippen LogP contribution in [0.2, 0.25) is 0 Å². The molecule has 0 radical (unpaired) electrons. The summed E-state index contributed by atoms with van der Waals surface area (Å²) in [6.07, 6.45) is 6.31. The molecule has 0 spiro atoms. The first-order valence-electron chi connectivity index (χ1n) is 12.5. The zero-order valence-electron chi connectivity index (χ0n) is 21.5. The lowest BCUT2D eigenvalue weighted by Crippen LogP contribution is -2.41. The SMILES string of the molecule is CC(=O)c1c(O)c(C)c(O)c2c1OC1=CC(=O)/C(=C(/C)NCCCCNCCCCCN)C(=O)[C@@]12C. The van der Waals surface area contributed by atoms with E-state index < -0.39 is 28.5 Å². The maximum atomic E-state index is 13.7. The Hall–Kier alpha value is -3.17. The fourth-order valence-corrected chi connectivity index (χ4v) is 4.80. The number of phenols is 2. The maximum Gasteiger partial charge on any atom is 0.194 e. The number of benzene rings is 1. The third-order valence-electron chi connectivity index (χ3n) is 6.99. The number of phenolic OH excluding ortho intramolecular Hbond substituents is 2. The average Bonchev–Trinajstić information content (AvgIpc) is 3.11. The molecule has 9 heteroatoms. The Morgan fingerprint density at radius 3 is 2.31 bits per heavy atom. The molecule has 1 aliphatic carbocycles. The van der Waals surface area contributed by atoms with Gasteiger partial charge in [-0.25, -0.2) is 0 Å². The van der Waals surface area contributed by atoms with Crippen LogP contribution in [-0.2, 0) is 15.0 Å². The Bertz CT molecular complexity index is 1140. The van der Waals surface area contributed by atoms with E-state index in [1.54, 1.807) is 13.8 Å². The second-order valence-corrected chi connectivity index (χ2v) is 9.62. The molecular weight excluding hydrogens is 462 g/mol. The van der Waals surface area contributed by atoms with Gasteiger partial charge in [0.25, 0.3) is 0 Å². The van der Waals surface area contributed by atoms with Crippen molar-refractivity contribution < 1.29 is 29.3 Å². The van der Waals surface area contributed by atoms with Gasteiger partial charge in [0.15, 0.2) is 17.3 Å². The summed E-state index contributed by atoms with van der Waals surface area (Å²) in [5.74, 6) is -2.30. The molecule has 1 heterocycles. The minimum absolute atomic E-state index is 0.00904. The van der Waals surface area contributed by atoms with Gasteiger partial charge in [0.1, 0.15) is 34.0 Å². The van der Waals surface area contributed by atoms with Gasteiger partial charge in [0, 0.05) is 23.9 Å². The van der Waals surface area contributed by atoms with Crippen LogP contribution < -0.4 is 21.1 Å².